The Hall–Kier alpha value is -4.57. The van der Waals surface area contributed by atoms with Crippen LogP contribution in [0.1, 0.15) is 88.2 Å². The molecule has 0 aliphatic carbocycles. The molecule has 7 heteroatoms. The summed E-state index contributed by atoms with van der Waals surface area (Å²) in [5, 5.41) is 5.98. The van der Waals surface area contributed by atoms with Gasteiger partial charge in [-0.25, -0.2) is 4.79 Å². The van der Waals surface area contributed by atoms with Crippen molar-refractivity contribution in [2.75, 3.05) is 5.32 Å². The highest BCUT2D eigenvalue weighted by atomic mass is 16.6. The number of nitrogens with zero attached hydrogens (tertiary/aromatic N) is 1. The minimum Gasteiger partial charge on any atom is -0.444 e. The Bertz CT molecular complexity index is 1500. The highest BCUT2D eigenvalue weighted by molar-refractivity contribution is 6.00. The summed E-state index contributed by atoms with van der Waals surface area (Å²) in [5.74, 6) is 2.28. The van der Waals surface area contributed by atoms with Gasteiger partial charge in [-0.3, -0.25) is 9.59 Å². The van der Waals surface area contributed by atoms with E-state index < -0.39 is 23.8 Å². The maximum Gasteiger partial charge on any atom is 0.408 e. The van der Waals surface area contributed by atoms with Crippen molar-refractivity contribution in [2.45, 2.75) is 98.4 Å². The van der Waals surface area contributed by atoms with Gasteiger partial charge in [0.25, 0.3) is 5.91 Å². The monoisotopic (exact) mass is 623 g/mol. The molecule has 0 aromatic heterocycles. The lowest BCUT2D eigenvalue weighted by atomic mass is 9.95. The first kappa shape index (κ1) is 35.9. The Morgan fingerprint density at radius 1 is 0.870 bits per heavy atom. The van der Waals surface area contributed by atoms with E-state index >= 15 is 0 Å². The lowest BCUT2D eigenvalue weighted by molar-refractivity contribution is -0.143. The number of carbonyl (C=O) groups excluding carboxylic acids is 3. The van der Waals surface area contributed by atoms with Crippen LogP contribution in [0.5, 0.6) is 0 Å². The molecule has 3 aromatic carbocycles. The molecule has 3 aromatic rings. The summed E-state index contributed by atoms with van der Waals surface area (Å²) in [6.07, 6.45) is 6.66. The molecule has 3 unspecified atom stereocenters. The van der Waals surface area contributed by atoms with Crippen molar-refractivity contribution in [1.82, 2.24) is 10.2 Å². The molecule has 0 heterocycles. The normalized spacial score (nSPS) is 13.2. The zero-order valence-corrected chi connectivity index (χ0v) is 28.5. The summed E-state index contributed by atoms with van der Waals surface area (Å²) >= 11 is 0. The van der Waals surface area contributed by atoms with Crippen LogP contribution in [0.4, 0.5) is 10.5 Å². The van der Waals surface area contributed by atoms with Gasteiger partial charge in [0.1, 0.15) is 17.7 Å². The summed E-state index contributed by atoms with van der Waals surface area (Å²) in [6, 6.07) is 20.1. The van der Waals surface area contributed by atoms with Crippen molar-refractivity contribution in [1.29, 1.82) is 0 Å². The van der Waals surface area contributed by atoms with Crippen molar-refractivity contribution in [3.8, 4) is 12.3 Å². The minimum atomic E-state index is -1.01. The second-order valence-corrected chi connectivity index (χ2v) is 13.4. The number of benzene rings is 3. The standard InChI is InChI=1S/C39H49N3O4/c1-10-30-21-23-32(24-22-30)35(36(43)41-34-27(4)15-14-16-28(34)5)42(29(6)20-19-26(2)3)37(44)33(25-31-17-12-11-13-18-31)40-38(45)46-39(7,8)9/h1,11-18,21-24,26,29,33,35H,19-20,25H2,2-9H3,(H,40,45)(H,41,43). The summed E-state index contributed by atoms with van der Waals surface area (Å²) < 4.78 is 5.58. The van der Waals surface area contributed by atoms with Crippen LogP contribution >= 0.6 is 0 Å². The molecule has 0 aliphatic heterocycles. The Balaban J connectivity index is 2.17. The van der Waals surface area contributed by atoms with Gasteiger partial charge in [-0.05, 0) is 94.7 Å². The third kappa shape index (κ3) is 10.2. The molecule has 0 bridgehead atoms. The molecule has 3 atom stereocenters. The number of para-hydroxylation sites is 1. The molecule has 3 rings (SSSR count). The molecule has 7 nitrogen and oxygen atoms in total. The van der Waals surface area contributed by atoms with Crippen molar-refractivity contribution < 1.29 is 19.1 Å². The molecule has 46 heavy (non-hydrogen) atoms. The van der Waals surface area contributed by atoms with Crippen LogP contribution in [-0.2, 0) is 20.7 Å². The molecular formula is C39H49N3O4. The van der Waals surface area contributed by atoms with Crippen LogP contribution in [0, 0.1) is 32.1 Å². The van der Waals surface area contributed by atoms with E-state index in [1.807, 2.05) is 69.3 Å². The van der Waals surface area contributed by atoms with Crippen molar-refractivity contribution in [2.24, 2.45) is 5.92 Å². The van der Waals surface area contributed by atoms with E-state index in [0.717, 1.165) is 23.1 Å². The third-order valence-electron chi connectivity index (χ3n) is 7.81. The SMILES string of the molecule is C#Cc1ccc(C(C(=O)Nc2c(C)cccc2C)N(C(=O)C(Cc2ccccc2)NC(=O)OC(C)(C)C)C(C)CCC(C)C)cc1. The number of aryl methyl sites for hydroxylation is 2. The second-order valence-electron chi connectivity index (χ2n) is 13.4. The van der Waals surface area contributed by atoms with Crippen LogP contribution in [0.3, 0.4) is 0 Å². The van der Waals surface area contributed by atoms with Crippen molar-refractivity contribution in [3.05, 3.63) is 101 Å². The number of alkyl carbamates (subject to hydrolysis) is 1. The van der Waals surface area contributed by atoms with Gasteiger partial charge in [0, 0.05) is 23.7 Å². The zero-order chi connectivity index (χ0) is 34.0. The Kier molecular flexibility index (Phi) is 12.6. The van der Waals surface area contributed by atoms with E-state index in [2.05, 4.69) is 30.4 Å². The molecular weight excluding hydrogens is 574 g/mol. The summed E-state index contributed by atoms with van der Waals surface area (Å²) in [7, 11) is 0. The molecule has 0 spiro atoms. The smallest absolute Gasteiger partial charge is 0.408 e. The van der Waals surface area contributed by atoms with E-state index in [-0.39, 0.29) is 24.3 Å². The van der Waals surface area contributed by atoms with E-state index in [4.69, 9.17) is 11.2 Å². The zero-order valence-electron chi connectivity index (χ0n) is 28.5. The second kappa shape index (κ2) is 16.1. The van der Waals surface area contributed by atoms with Gasteiger partial charge in [-0.15, -0.1) is 6.42 Å². The van der Waals surface area contributed by atoms with E-state index in [0.29, 0.717) is 29.2 Å². The van der Waals surface area contributed by atoms with Gasteiger partial charge in [-0.2, -0.15) is 0 Å². The Morgan fingerprint density at radius 2 is 1.48 bits per heavy atom. The van der Waals surface area contributed by atoms with Crippen molar-refractivity contribution in [3.63, 3.8) is 0 Å². The number of ether oxygens (including phenoxy) is 1. The number of hydrogen-bond donors (Lipinski definition) is 2. The number of hydrogen-bond acceptors (Lipinski definition) is 4. The first-order chi connectivity index (χ1) is 21.7. The van der Waals surface area contributed by atoms with Gasteiger partial charge < -0.3 is 20.3 Å². The number of nitrogens with one attached hydrogen (secondary N) is 2. The van der Waals surface area contributed by atoms with Gasteiger partial charge in [0.2, 0.25) is 5.91 Å². The first-order valence-corrected chi connectivity index (χ1v) is 16.0. The quantitative estimate of drug-likeness (QED) is 0.202. The fourth-order valence-electron chi connectivity index (χ4n) is 5.40. The molecule has 0 saturated heterocycles. The maximum atomic E-state index is 14.9. The van der Waals surface area contributed by atoms with Gasteiger partial charge >= 0.3 is 6.09 Å². The molecule has 244 valence electrons. The first-order valence-electron chi connectivity index (χ1n) is 16.0. The topological polar surface area (TPSA) is 87.7 Å². The lowest BCUT2D eigenvalue weighted by Crippen LogP contribution is -2.55. The average Bonchev–Trinajstić information content (AvgIpc) is 2.99. The molecule has 3 amide bonds. The summed E-state index contributed by atoms with van der Waals surface area (Å²) in [5.41, 5.74) is 3.90. The summed E-state index contributed by atoms with van der Waals surface area (Å²) in [6.45, 7) is 15.4. The largest absolute Gasteiger partial charge is 0.444 e. The number of rotatable bonds is 12. The predicted molar refractivity (Wildman–Crippen MR) is 185 cm³/mol. The molecule has 0 fully saturated rings. The predicted octanol–water partition coefficient (Wildman–Crippen LogP) is 7.75. The number of anilines is 1. The van der Waals surface area contributed by atoms with E-state index in [1.165, 1.54) is 0 Å². The molecule has 2 N–H and O–H groups in total. The number of carbonyl (C=O) groups is 3. The molecule has 0 radical (unpaired) electrons. The van der Waals surface area contributed by atoms with E-state index in [1.54, 1.807) is 49.9 Å². The van der Waals surface area contributed by atoms with Crippen LogP contribution in [0.2, 0.25) is 0 Å². The van der Waals surface area contributed by atoms with Crippen molar-refractivity contribution >= 4 is 23.6 Å². The van der Waals surface area contributed by atoms with Gasteiger partial charge in [0.05, 0.1) is 0 Å². The Labute approximate surface area is 275 Å². The highest BCUT2D eigenvalue weighted by Crippen LogP contribution is 2.31. The van der Waals surface area contributed by atoms with Crippen LogP contribution < -0.4 is 10.6 Å². The Morgan fingerprint density at radius 3 is 2.02 bits per heavy atom. The van der Waals surface area contributed by atoms with Crippen LogP contribution in [0.15, 0.2) is 72.8 Å². The fraction of sp³-hybridized carbons (Fsp3) is 0.410. The van der Waals surface area contributed by atoms with Crippen LogP contribution in [0.25, 0.3) is 0 Å². The molecule has 0 saturated carbocycles. The summed E-state index contributed by atoms with van der Waals surface area (Å²) in [4.78, 5) is 44.2. The minimum absolute atomic E-state index is 0.216. The average molecular weight is 624 g/mol. The number of amides is 3. The highest BCUT2D eigenvalue weighted by Gasteiger charge is 2.39. The van der Waals surface area contributed by atoms with Gasteiger partial charge in [0.15, 0.2) is 0 Å². The fourth-order valence-corrected chi connectivity index (χ4v) is 5.40. The maximum absolute atomic E-state index is 14.9. The number of terminal acetylenes is 1. The van der Waals surface area contributed by atoms with E-state index in [9.17, 15) is 14.4 Å². The lowest BCUT2D eigenvalue weighted by Gasteiger charge is -2.39. The van der Waals surface area contributed by atoms with Gasteiger partial charge in [-0.1, -0.05) is 80.4 Å². The third-order valence-corrected chi connectivity index (χ3v) is 7.81. The molecule has 0 aliphatic rings. The van der Waals surface area contributed by atoms with Crippen LogP contribution in [-0.4, -0.2) is 40.5 Å².